The van der Waals surface area contributed by atoms with Gasteiger partial charge in [0.05, 0.1) is 0 Å². The zero-order valence-corrected chi connectivity index (χ0v) is 11.7. The van der Waals surface area contributed by atoms with Crippen LogP contribution in [-0.2, 0) is 0 Å². The summed E-state index contributed by atoms with van der Waals surface area (Å²) in [5, 5.41) is 0. The molecule has 0 aliphatic carbocycles. The normalized spacial score (nSPS) is 10.2. The summed E-state index contributed by atoms with van der Waals surface area (Å²) >= 11 is 1.62. The van der Waals surface area contributed by atoms with E-state index >= 15 is 0 Å². The van der Waals surface area contributed by atoms with Crippen LogP contribution in [-0.4, -0.2) is 12.0 Å². The summed E-state index contributed by atoms with van der Waals surface area (Å²) in [5.41, 5.74) is 6.80. The Morgan fingerprint density at radius 3 is 2.58 bits per heavy atom. The molecule has 2 aromatic carbocycles. The molecular formula is C15H15NO2S. The molecule has 0 bridgehead atoms. The lowest BCUT2D eigenvalue weighted by atomic mass is 10.1. The van der Waals surface area contributed by atoms with E-state index in [2.05, 4.69) is 0 Å². The maximum Gasteiger partial charge on any atom is 0.161 e. The second-order valence-electron chi connectivity index (χ2n) is 4.06. The monoisotopic (exact) mass is 273 g/mol. The number of carbonyl (C=O) groups excluding carboxylic acids is 1. The number of hydrogen-bond acceptors (Lipinski definition) is 4. The molecule has 0 saturated carbocycles. The van der Waals surface area contributed by atoms with Crippen LogP contribution in [0, 0.1) is 0 Å². The molecule has 0 amide bonds. The first-order chi connectivity index (χ1) is 9.11. The van der Waals surface area contributed by atoms with E-state index in [1.54, 1.807) is 30.0 Å². The van der Waals surface area contributed by atoms with Gasteiger partial charge in [0, 0.05) is 22.2 Å². The molecule has 0 unspecified atom stereocenters. The van der Waals surface area contributed by atoms with Gasteiger partial charge in [-0.25, -0.2) is 0 Å². The molecule has 0 saturated heterocycles. The van der Waals surface area contributed by atoms with Gasteiger partial charge in [0.25, 0.3) is 0 Å². The zero-order valence-electron chi connectivity index (χ0n) is 10.8. The summed E-state index contributed by atoms with van der Waals surface area (Å²) in [6.07, 6.45) is 2.00. The highest BCUT2D eigenvalue weighted by atomic mass is 32.2. The topological polar surface area (TPSA) is 52.3 Å². The molecule has 0 heterocycles. The lowest BCUT2D eigenvalue weighted by Gasteiger charge is -2.11. The van der Waals surface area contributed by atoms with Crippen molar-refractivity contribution in [3.05, 3.63) is 48.0 Å². The highest BCUT2D eigenvalue weighted by Crippen LogP contribution is 2.32. The van der Waals surface area contributed by atoms with Gasteiger partial charge in [-0.05, 0) is 37.4 Å². The molecular weight excluding hydrogens is 258 g/mol. The number of nitrogens with two attached hydrogens (primary N) is 1. The largest absolute Gasteiger partial charge is 0.456 e. The number of hydrogen-bond donors (Lipinski definition) is 1. The molecule has 0 aliphatic heterocycles. The van der Waals surface area contributed by atoms with Crippen molar-refractivity contribution in [2.45, 2.75) is 11.8 Å². The Labute approximate surface area is 116 Å². The molecule has 2 aromatic rings. The Balaban J connectivity index is 2.29. The standard InChI is InChI=1S/C15H15NO2S/c1-10(17)12-8-7-11(9-13(12)16)18-14-5-3-4-6-15(14)19-2/h3-9H,16H2,1-2H3. The Morgan fingerprint density at radius 1 is 1.21 bits per heavy atom. The van der Waals surface area contributed by atoms with Crippen LogP contribution in [0.4, 0.5) is 5.69 Å². The van der Waals surface area contributed by atoms with Crippen LogP contribution in [0.2, 0.25) is 0 Å². The second kappa shape index (κ2) is 5.80. The molecule has 4 heteroatoms. The first-order valence-electron chi connectivity index (χ1n) is 5.83. The number of ketones is 1. The van der Waals surface area contributed by atoms with Gasteiger partial charge in [0.15, 0.2) is 5.78 Å². The van der Waals surface area contributed by atoms with Gasteiger partial charge in [-0.2, -0.15) is 0 Å². The summed E-state index contributed by atoms with van der Waals surface area (Å²) in [6.45, 7) is 1.50. The molecule has 98 valence electrons. The van der Waals surface area contributed by atoms with Crippen molar-refractivity contribution in [1.82, 2.24) is 0 Å². The minimum Gasteiger partial charge on any atom is -0.456 e. The maximum absolute atomic E-state index is 11.3. The van der Waals surface area contributed by atoms with Crippen LogP contribution >= 0.6 is 11.8 Å². The van der Waals surface area contributed by atoms with Gasteiger partial charge in [-0.15, -0.1) is 11.8 Å². The highest BCUT2D eigenvalue weighted by molar-refractivity contribution is 7.98. The number of ether oxygens (including phenoxy) is 1. The number of rotatable bonds is 4. The number of Topliss-reactive ketones (excluding diaryl/α,β-unsaturated/α-hetero) is 1. The molecule has 2 N–H and O–H groups in total. The number of nitrogen functional groups attached to an aromatic ring is 1. The quantitative estimate of drug-likeness (QED) is 0.520. The molecule has 0 fully saturated rings. The van der Waals surface area contributed by atoms with Crippen molar-refractivity contribution in [1.29, 1.82) is 0 Å². The van der Waals surface area contributed by atoms with Crippen LogP contribution in [0.3, 0.4) is 0 Å². The summed E-state index contributed by atoms with van der Waals surface area (Å²) < 4.78 is 5.80. The average molecular weight is 273 g/mol. The summed E-state index contributed by atoms with van der Waals surface area (Å²) in [4.78, 5) is 12.4. The maximum atomic E-state index is 11.3. The molecule has 0 spiro atoms. The van der Waals surface area contributed by atoms with Gasteiger partial charge < -0.3 is 10.5 Å². The average Bonchev–Trinajstić information content (AvgIpc) is 2.39. The van der Waals surface area contributed by atoms with Gasteiger partial charge in [0.1, 0.15) is 11.5 Å². The van der Waals surface area contributed by atoms with Crippen molar-refractivity contribution in [3.63, 3.8) is 0 Å². The van der Waals surface area contributed by atoms with Crippen LogP contribution in [0.5, 0.6) is 11.5 Å². The van der Waals surface area contributed by atoms with E-state index in [1.807, 2.05) is 30.5 Å². The second-order valence-corrected chi connectivity index (χ2v) is 4.91. The van der Waals surface area contributed by atoms with Gasteiger partial charge >= 0.3 is 0 Å². The minimum absolute atomic E-state index is 0.0476. The Morgan fingerprint density at radius 2 is 1.95 bits per heavy atom. The number of anilines is 1. The molecule has 0 atom stereocenters. The lowest BCUT2D eigenvalue weighted by Crippen LogP contribution is -1.99. The van der Waals surface area contributed by atoms with Gasteiger partial charge in [-0.1, -0.05) is 12.1 Å². The van der Waals surface area contributed by atoms with E-state index in [9.17, 15) is 4.79 Å². The molecule has 0 aromatic heterocycles. The molecule has 0 radical (unpaired) electrons. The molecule has 0 aliphatic rings. The van der Waals surface area contributed by atoms with Crippen molar-refractivity contribution >= 4 is 23.2 Å². The third kappa shape index (κ3) is 3.09. The van der Waals surface area contributed by atoms with Gasteiger partial charge in [0.2, 0.25) is 0 Å². The predicted octanol–water partition coefficient (Wildman–Crippen LogP) is 3.99. The van der Waals surface area contributed by atoms with Crippen molar-refractivity contribution in [3.8, 4) is 11.5 Å². The van der Waals surface area contributed by atoms with E-state index in [1.165, 1.54) is 6.92 Å². The van der Waals surface area contributed by atoms with E-state index in [0.717, 1.165) is 10.6 Å². The van der Waals surface area contributed by atoms with E-state index in [4.69, 9.17) is 10.5 Å². The Bertz CT molecular complexity index is 611. The van der Waals surface area contributed by atoms with Crippen molar-refractivity contribution in [2.75, 3.05) is 12.0 Å². The van der Waals surface area contributed by atoms with E-state index in [0.29, 0.717) is 17.0 Å². The summed E-state index contributed by atoms with van der Waals surface area (Å²) in [7, 11) is 0. The minimum atomic E-state index is -0.0476. The third-order valence-corrected chi connectivity index (χ3v) is 3.48. The fourth-order valence-corrected chi connectivity index (χ4v) is 2.28. The summed E-state index contributed by atoms with van der Waals surface area (Å²) in [6, 6.07) is 12.9. The SMILES string of the molecule is CSc1ccccc1Oc1ccc(C(C)=O)c(N)c1. The number of benzene rings is 2. The van der Waals surface area contributed by atoms with Crippen molar-refractivity contribution in [2.24, 2.45) is 0 Å². The highest BCUT2D eigenvalue weighted by Gasteiger charge is 2.08. The first kappa shape index (κ1) is 13.5. The van der Waals surface area contributed by atoms with Crippen LogP contribution in [0.1, 0.15) is 17.3 Å². The van der Waals surface area contributed by atoms with E-state index < -0.39 is 0 Å². The number of thioether (sulfide) groups is 1. The fraction of sp³-hybridized carbons (Fsp3) is 0.133. The smallest absolute Gasteiger partial charge is 0.161 e. The van der Waals surface area contributed by atoms with E-state index in [-0.39, 0.29) is 5.78 Å². The first-order valence-corrected chi connectivity index (χ1v) is 7.05. The lowest BCUT2D eigenvalue weighted by molar-refractivity contribution is 0.101. The molecule has 3 nitrogen and oxygen atoms in total. The number of para-hydroxylation sites is 1. The Hall–Kier alpha value is -1.94. The van der Waals surface area contributed by atoms with Crippen LogP contribution in [0.15, 0.2) is 47.4 Å². The number of carbonyl (C=O) groups is 1. The molecule has 19 heavy (non-hydrogen) atoms. The molecule has 2 rings (SSSR count). The zero-order chi connectivity index (χ0) is 13.8. The van der Waals surface area contributed by atoms with Crippen LogP contribution < -0.4 is 10.5 Å². The van der Waals surface area contributed by atoms with Crippen LogP contribution in [0.25, 0.3) is 0 Å². The third-order valence-electron chi connectivity index (χ3n) is 2.70. The van der Waals surface area contributed by atoms with Crippen molar-refractivity contribution < 1.29 is 9.53 Å². The summed E-state index contributed by atoms with van der Waals surface area (Å²) in [5.74, 6) is 1.36. The predicted molar refractivity (Wildman–Crippen MR) is 79.2 cm³/mol. The fourth-order valence-electron chi connectivity index (χ4n) is 1.76. The Kier molecular flexibility index (Phi) is 4.12. The van der Waals surface area contributed by atoms with Gasteiger partial charge in [-0.3, -0.25) is 4.79 Å².